The SMILES string of the molecule is CCOC1CC(Nc2ccc(Br)cc2C)C1(C)CC. The molecule has 106 valence electrons. The van der Waals surface area contributed by atoms with E-state index in [4.69, 9.17) is 4.74 Å². The van der Waals surface area contributed by atoms with Crippen molar-refractivity contribution in [1.82, 2.24) is 0 Å². The summed E-state index contributed by atoms with van der Waals surface area (Å²) < 4.78 is 6.99. The van der Waals surface area contributed by atoms with Gasteiger partial charge in [0.1, 0.15) is 0 Å². The van der Waals surface area contributed by atoms with Crippen LogP contribution in [-0.2, 0) is 4.74 Å². The van der Waals surface area contributed by atoms with Crippen molar-refractivity contribution in [2.45, 2.75) is 52.7 Å². The van der Waals surface area contributed by atoms with E-state index < -0.39 is 0 Å². The maximum Gasteiger partial charge on any atom is 0.0667 e. The molecular weight excluding hydrogens is 302 g/mol. The lowest BCUT2D eigenvalue weighted by atomic mass is 9.61. The lowest BCUT2D eigenvalue weighted by Crippen LogP contribution is -2.59. The van der Waals surface area contributed by atoms with Crippen LogP contribution >= 0.6 is 15.9 Å². The summed E-state index contributed by atoms with van der Waals surface area (Å²) in [6, 6.07) is 6.92. The largest absolute Gasteiger partial charge is 0.381 e. The topological polar surface area (TPSA) is 21.3 Å². The highest BCUT2D eigenvalue weighted by Gasteiger charge is 2.51. The molecule has 1 N–H and O–H groups in total. The van der Waals surface area contributed by atoms with E-state index in [2.05, 4.69) is 67.1 Å². The van der Waals surface area contributed by atoms with Crippen LogP contribution in [0.3, 0.4) is 0 Å². The van der Waals surface area contributed by atoms with E-state index in [1.165, 1.54) is 11.3 Å². The molecule has 1 aromatic rings. The van der Waals surface area contributed by atoms with Crippen molar-refractivity contribution in [3.8, 4) is 0 Å². The molecule has 0 aromatic heterocycles. The summed E-state index contributed by atoms with van der Waals surface area (Å²) >= 11 is 3.51. The van der Waals surface area contributed by atoms with Gasteiger partial charge in [0.15, 0.2) is 0 Å². The van der Waals surface area contributed by atoms with Crippen LogP contribution in [0.1, 0.15) is 39.2 Å². The van der Waals surface area contributed by atoms with E-state index in [1.54, 1.807) is 0 Å². The molecule has 0 radical (unpaired) electrons. The smallest absolute Gasteiger partial charge is 0.0667 e. The van der Waals surface area contributed by atoms with Crippen LogP contribution in [-0.4, -0.2) is 18.8 Å². The lowest BCUT2D eigenvalue weighted by Gasteiger charge is -2.54. The molecule has 0 aliphatic heterocycles. The molecule has 3 heteroatoms. The molecule has 0 bridgehead atoms. The molecule has 0 saturated heterocycles. The number of aryl methyl sites for hydroxylation is 1. The van der Waals surface area contributed by atoms with Gasteiger partial charge in [-0.15, -0.1) is 0 Å². The molecule has 0 amide bonds. The maximum atomic E-state index is 5.85. The number of ether oxygens (including phenoxy) is 1. The molecular formula is C16H24BrNO. The van der Waals surface area contributed by atoms with E-state index >= 15 is 0 Å². The van der Waals surface area contributed by atoms with E-state index in [-0.39, 0.29) is 5.41 Å². The van der Waals surface area contributed by atoms with Gasteiger partial charge in [-0.3, -0.25) is 0 Å². The molecule has 0 heterocycles. The number of hydrogen-bond donors (Lipinski definition) is 1. The Kier molecular flexibility index (Phi) is 4.57. The number of halogens is 1. The average Bonchev–Trinajstić information content (AvgIpc) is 2.39. The van der Waals surface area contributed by atoms with Gasteiger partial charge in [-0.25, -0.2) is 0 Å². The van der Waals surface area contributed by atoms with Gasteiger partial charge in [-0.2, -0.15) is 0 Å². The summed E-state index contributed by atoms with van der Waals surface area (Å²) in [5, 5.41) is 3.70. The fourth-order valence-electron chi connectivity index (χ4n) is 2.95. The van der Waals surface area contributed by atoms with Crippen molar-refractivity contribution in [3.05, 3.63) is 28.2 Å². The summed E-state index contributed by atoms with van der Waals surface area (Å²) in [4.78, 5) is 0. The molecule has 1 aliphatic carbocycles. The molecule has 1 aliphatic rings. The number of benzene rings is 1. The molecule has 1 aromatic carbocycles. The van der Waals surface area contributed by atoms with Crippen LogP contribution in [0.4, 0.5) is 5.69 Å². The van der Waals surface area contributed by atoms with Crippen molar-refractivity contribution in [2.24, 2.45) is 5.41 Å². The maximum absolute atomic E-state index is 5.85. The Bertz CT molecular complexity index is 448. The summed E-state index contributed by atoms with van der Waals surface area (Å²) in [6.45, 7) is 9.63. The summed E-state index contributed by atoms with van der Waals surface area (Å²) in [6.07, 6.45) is 2.65. The molecule has 1 fully saturated rings. The first kappa shape index (κ1) is 14.9. The highest BCUT2D eigenvalue weighted by molar-refractivity contribution is 9.10. The monoisotopic (exact) mass is 325 g/mol. The van der Waals surface area contributed by atoms with Gasteiger partial charge in [0.25, 0.3) is 0 Å². The minimum Gasteiger partial charge on any atom is -0.381 e. The van der Waals surface area contributed by atoms with Crippen molar-refractivity contribution < 1.29 is 4.74 Å². The van der Waals surface area contributed by atoms with Gasteiger partial charge in [-0.1, -0.05) is 29.8 Å². The van der Waals surface area contributed by atoms with Crippen molar-refractivity contribution >= 4 is 21.6 Å². The highest BCUT2D eigenvalue weighted by atomic mass is 79.9. The Morgan fingerprint density at radius 3 is 2.74 bits per heavy atom. The summed E-state index contributed by atoms with van der Waals surface area (Å²) in [7, 11) is 0. The Hall–Kier alpha value is -0.540. The van der Waals surface area contributed by atoms with Gasteiger partial charge in [0, 0.05) is 28.2 Å². The molecule has 19 heavy (non-hydrogen) atoms. The number of rotatable bonds is 5. The fraction of sp³-hybridized carbons (Fsp3) is 0.625. The summed E-state index contributed by atoms with van der Waals surface area (Å²) in [5.74, 6) is 0. The van der Waals surface area contributed by atoms with Gasteiger partial charge >= 0.3 is 0 Å². The van der Waals surface area contributed by atoms with E-state index in [9.17, 15) is 0 Å². The Morgan fingerprint density at radius 2 is 2.16 bits per heavy atom. The molecule has 1 saturated carbocycles. The average molecular weight is 326 g/mol. The van der Waals surface area contributed by atoms with Crippen LogP contribution < -0.4 is 5.32 Å². The number of nitrogens with one attached hydrogen (secondary N) is 1. The minimum atomic E-state index is 0.246. The molecule has 3 unspecified atom stereocenters. The third kappa shape index (κ3) is 2.82. The fourth-order valence-corrected chi connectivity index (χ4v) is 3.43. The zero-order valence-electron chi connectivity index (χ0n) is 12.3. The van der Waals surface area contributed by atoms with Crippen LogP contribution in [0.15, 0.2) is 22.7 Å². The van der Waals surface area contributed by atoms with Crippen LogP contribution in [0.2, 0.25) is 0 Å². The first-order valence-corrected chi connectivity index (χ1v) is 7.94. The first-order valence-electron chi connectivity index (χ1n) is 7.15. The minimum absolute atomic E-state index is 0.246. The van der Waals surface area contributed by atoms with Crippen molar-refractivity contribution in [1.29, 1.82) is 0 Å². The molecule has 0 spiro atoms. The second kappa shape index (κ2) is 5.84. The first-order chi connectivity index (χ1) is 9.01. The second-order valence-electron chi connectivity index (χ2n) is 5.70. The predicted octanol–water partition coefficient (Wildman–Crippen LogP) is 4.76. The normalized spacial score (nSPS) is 29.9. The number of anilines is 1. The quantitative estimate of drug-likeness (QED) is 0.842. The third-order valence-corrected chi connectivity index (χ3v) is 5.12. The molecule has 3 atom stereocenters. The Balaban J connectivity index is 2.08. The Labute approximate surface area is 125 Å². The van der Waals surface area contributed by atoms with E-state index in [0.29, 0.717) is 12.1 Å². The third-order valence-electron chi connectivity index (χ3n) is 4.63. The van der Waals surface area contributed by atoms with Gasteiger partial charge in [0.05, 0.1) is 6.10 Å². The highest BCUT2D eigenvalue weighted by Crippen LogP contribution is 2.47. The molecule has 2 rings (SSSR count). The van der Waals surface area contributed by atoms with E-state index in [1.807, 2.05) is 0 Å². The Morgan fingerprint density at radius 1 is 1.42 bits per heavy atom. The molecule has 2 nitrogen and oxygen atoms in total. The van der Waals surface area contributed by atoms with Gasteiger partial charge < -0.3 is 10.1 Å². The van der Waals surface area contributed by atoms with Crippen LogP contribution in [0, 0.1) is 12.3 Å². The van der Waals surface area contributed by atoms with Crippen molar-refractivity contribution in [2.75, 3.05) is 11.9 Å². The number of hydrogen-bond acceptors (Lipinski definition) is 2. The summed E-state index contributed by atoms with van der Waals surface area (Å²) in [5.41, 5.74) is 2.77. The zero-order valence-corrected chi connectivity index (χ0v) is 13.9. The van der Waals surface area contributed by atoms with Gasteiger partial charge in [0.2, 0.25) is 0 Å². The second-order valence-corrected chi connectivity index (χ2v) is 6.61. The van der Waals surface area contributed by atoms with Gasteiger partial charge in [-0.05, 0) is 50.5 Å². The zero-order chi connectivity index (χ0) is 14.0. The predicted molar refractivity (Wildman–Crippen MR) is 84.7 cm³/mol. The van der Waals surface area contributed by atoms with Crippen LogP contribution in [0.5, 0.6) is 0 Å². The lowest BCUT2D eigenvalue weighted by molar-refractivity contribution is -0.109. The van der Waals surface area contributed by atoms with E-state index in [0.717, 1.165) is 23.9 Å². The van der Waals surface area contributed by atoms with Crippen molar-refractivity contribution in [3.63, 3.8) is 0 Å². The standard InChI is InChI=1S/C16H24BrNO/c1-5-16(4)14(10-15(16)19-6-2)18-13-8-7-12(17)9-11(13)3/h7-9,14-15,18H,5-6,10H2,1-4H3. The van der Waals surface area contributed by atoms with Crippen LogP contribution in [0.25, 0.3) is 0 Å².